The molecule has 1 atom stereocenters. The molecule has 2 rings (SSSR count). The lowest BCUT2D eigenvalue weighted by atomic mass is 10.2. The van der Waals surface area contributed by atoms with Crippen LogP contribution in [0, 0.1) is 11.3 Å². The van der Waals surface area contributed by atoms with Crippen molar-refractivity contribution < 1.29 is 18.0 Å². The number of nitrogens with one attached hydrogen (secondary N) is 2. The summed E-state index contributed by atoms with van der Waals surface area (Å²) in [6, 6.07) is 15.0. The summed E-state index contributed by atoms with van der Waals surface area (Å²) in [5.41, 5.74) is 0.679. The topological polar surface area (TPSA) is 116 Å². The highest BCUT2D eigenvalue weighted by atomic mass is 35.5. The first-order valence-electron chi connectivity index (χ1n) is 8.27. The predicted octanol–water partition coefficient (Wildman–Crippen LogP) is 1.69. The van der Waals surface area contributed by atoms with Gasteiger partial charge in [-0.1, -0.05) is 48.0 Å². The van der Waals surface area contributed by atoms with Gasteiger partial charge in [0, 0.05) is 10.6 Å². The van der Waals surface area contributed by atoms with Crippen molar-refractivity contribution in [2.75, 3.05) is 12.3 Å². The van der Waals surface area contributed by atoms with Crippen LogP contribution < -0.4 is 10.6 Å². The van der Waals surface area contributed by atoms with Gasteiger partial charge < -0.3 is 10.6 Å². The smallest absolute Gasteiger partial charge is 0.251 e. The van der Waals surface area contributed by atoms with Gasteiger partial charge in [-0.15, -0.1) is 0 Å². The predicted molar refractivity (Wildman–Crippen MR) is 105 cm³/mol. The molecule has 1 unspecified atom stereocenters. The molecule has 0 saturated carbocycles. The zero-order chi connectivity index (χ0) is 20.6. The highest BCUT2D eigenvalue weighted by Crippen LogP contribution is 2.18. The standard InChI is InChI=1S/C19H18ClN3O4S/c20-16-9-5-4-8-15(16)12-28(26,27)13-17(19(25)22-11-10-21)23-18(24)14-6-2-1-3-7-14/h1-9,17H,11-13H2,(H,22,25)(H,23,24). The fraction of sp³-hybridized carbons (Fsp3) is 0.211. The number of sulfone groups is 1. The van der Waals surface area contributed by atoms with Crippen LogP contribution in [0.5, 0.6) is 0 Å². The van der Waals surface area contributed by atoms with Gasteiger partial charge in [-0.3, -0.25) is 9.59 Å². The van der Waals surface area contributed by atoms with Crippen LogP contribution in [0.3, 0.4) is 0 Å². The molecule has 7 nitrogen and oxygen atoms in total. The Hall–Kier alpha value is -2.89. The van der Waals surface area contributed by atoms with Gasteiger partial charge in [-0.25, -0.2) is 8.42 Å². The maximum absolute atomic E-state index is 12.6. The van der Waals surface area contributed by atoms with Crippen molar-refractivity contribution in [3.8, 4) is 6.07 Å². The van der Waals surface area contributed by atoms with E-state index in [9.17, 15) is 18.0 Å². The first kappa shape index (κ1) is 21.4. The van der Waals surface area contributed by atoms with Crippen LogP contribution in [0.15, 0.2) is 54.6 Å². The van der Waals surface area contributed by atoms with Crippen LogP contribution in [-0.2, 0) is 20.4 Å². The Morgan fingerprint density at radius 3 is 2.36 bits per heavy atom. The number of benzene rings is 2. The number of nitrogens with zero attached hydrogens (tertiary/aromatic N) is 1. The number of carbonyl (C=O) groups is 2. The number of amides is 2. The lowest BCUT2D eigenvalue weighted by molar-refractivity contribution is -0.122. The fourth-order valence-corrected chi connectivity index (χ4v) is 4.30. The van der Waals surface area contributed by atoms with Crippen LogP contribution in [0.25, 0.3) is 0 Å². The first-order chi connectivity index (χ1) is 13.3. The third-order valence-electron chi connectivity index (χ3n) is 3.75. The summed E-state index contributed by atoms with van der Waals surface area (Å²) < 4.78 is 25.2. The number of rotatable bonds is 8. The normalized spacial score (nSPS) is 11.9. The van der Waals surface area contributed by atoms with E-state index in [1.807, 2.05) is 0 Å². The van der Waals surface area contributed by atoms with Gasteiger partial charge in [-0.05, 0) is 23.8 Å². The Bertz CT molecular complexity index is 988. The quantitative estimate of drug-likeness (QED) is 0.631. The summed E-state index contributed by atoms with van der Waals surface area (Å²) in [6.45, 7) is -0.304. The summed E-state index contributed by atoms with van der Waals surface area (Å²) in [7, 11) is -3.80. The summed E-state index contributed by atoms with van der Waals surface area (Å²) in [5, 5.41) is 13.6. The highest BCUT2D eigenvalue weighted by molar-refractivity contribution is 7.90. The van der Waals surface area contributed by atoms with Crippen LogP contribution in [0.1, 0.15) is 15.9 Å². The molecule has 2 aromatic rings. The van der Waals surface area contributed by atoms with Crippen molar-refractivity contribution in [3.63, 3.8) is 0 Å². The zero-order valence-corrected chi connectivity index (χ0v) is 16.3. The number of nitriles is 1. The molecule has 0 spiro atoms. The molecular weight excluding hydrogens is 402 g/mol. The summed E-state index contributed by atoms with van der Waals surface area (Å²) in [6.07, 6.45) is 0. The van der Waals surface area contributed by atoms with Crippen molar-refractivity contribution in [2.45, 2.75) is 11.8 Å². The van der Waals surface area contributed by atoms with E-state index in [1.165, 1.54) is 12.1 Å². The lowest BCUT2D eigenvalue weighted by Gasteiger charge is -2.18. The average molecular weight is 420 g/mol. The van der Waals surface area contributed by atoms with Gasteiger partial charge in [0.05, 0.1) is 17.6 Å². The summed E-state index contributed by atoms with van der Waals surface area (Å²) >= 11 is 6.01. The molecule has 28 heavy (non-hydrogen) atoms. The van der Waals surface area contributed by atoms with Crippen molar-refractivity contribution in [1.29, 1.82) is 5.26 Å². The third-order valence-corrected chi connectivity index (χ3v) is 5.71. The van der Waals surface area contributed by atoms with Crippen molar-refractivity contribution in [1.82, 2.24) is 10.6 Å². The molecular formula is C19H18ClN3O4S. The molecule has 2 amide bonds. The van der Waals surface area contributed by atoms with Gasteiger partial charge in [0.25, 0.3) is 5.91 Å². The van der Waals surface area contributed by atoms with Gasteiger partial charge in [-0.2, -0.15) is 5.26 Å². The van der Waals surface area contributed by atoms with E-state index < -0.39 is 33.4 Å². The fourth-order valence-electron chi connectivity index (χ4n) is 2.43. The Morgan fingerprint density at radius 1 is 1.07 bits per heavy atom. The molecule has 2 N–H and O–H groups in total. The number of halogens is 1. The maximum atomic E-state index is 12.6. The van der Waals surface area contributed by atoms with E-state index >= 15 is 0 Å². The molecule has 0 aromatic heterocycles. The van der Waals surface area contributed by atoms with Crippen LogP contribution >= 0.6 is 11.6 Å². The zero-order valence-electron chi connectivity index (χ0n) is 14.8. The van der Waals surface area contributed by atoms with Crippen LogP contribution in [-0.4, -0.2) is 38.6 Å². The Balaban J connectivity index is 2.18. The Morgan fingerprint density at radius 2 is 1.71 bits per heavy atom. The third kappa shape index (κ3) is 6.37. The SMILES string of the molecule is N#CCNC(=O)C(CS(=O)(=O)Cc1ccccc1Cl)NC(=O)c1ccccc1. The summed E-state index contributed by atoms with van der Waals surface area (Å²) in [5.74, 6) is -2.36. The van der Waals surface area contributed by atoms with Gasteiger partial charge in [0.1, 0.15) is 12.6 Å². The second-order valence-corrected chi connectivity index (χ2v) is 8.43. The lowest BCUT2D eigenvalue weighted by Crippen LogP contribution is -2.50. The van der Waals surface area contributed by atoms with Crippen LogP contribution in [0.2, 0.25) is 5.02 Å². The van der Waals surface area contributed by atoms with Gasteiger partial charge in [0.15, 0.2) is 9.84 Å². The molecule has 0 fully saturated rings. The molecule has 0 heterocycles. The van der Waals surface area contributed by atoms with Gasteiger partial charge >= 0.3 is 0 Å². The second-order valence-electron chi connectivity index (χ2n) is 5.91. The minimum atomic E-state index is -3.80. The number of hydrogen-bond acceptors (Lipinski definition) is 5. The minimum absolute atomic E-state index is 0.282. The minimum Gasteiger partial charge on any atom is -0.341 e. The molecule has 9 heteroatoms. The van der Waals surface area contributed by atoms with E-state index in [2.05, 4.69) is 10.6 Å². The van der Waals surface area contributed by atoms with E-state index in [-0.39, 0.29) is 17.9 Å². The van der Waals surface area contributed by atoms with E-state index in [0.717, 1.165) is 0 Å². The summed E-state index contributed by atoms with van der Waals surface area (Å²) in [4.78, 5) is 24.7. The Kier molecular flexibility index (Phi) is 7.55. The van der Waals surface area contributed by atoms with E-state index in [1.54, 1.807) is 48.5 Å². The molecule has 0 aliphatic heterocycles. The molecule has 0 bridgehead atoms. The molecule has 2 aromatic carbocycles. The molecule has 146 valence electrons. The second kappa shape index (κ2) is 9.88. The average Bonchev–Trinajstić information content (AvgIpc) is 2.67. The molecule has 0 radical (unpaired) electrons. The molecule has 0 aliphatic carbocycles. The van der Waals surface area contributed by atoms with Gasteiger partial charge in [0.2, 0.25) is 5.91 Å². The maximum Gasteiger partial charge on any atom is 0.251 e. The largest absolute Gasteiger partial charge is 0.341 e. The highest BCUT2D eigenvalue weighted by Gasteiger charge is 2.28. The molecule has 0 saturated heterocycles. The monoisotopic (exact) mass is 419 g/mol. The van der Waals surface area contributed by atoms with E-state index in [0.29, 0.717) is 10.6 Å². The van der Waals surface area contributed by atoms with Crippen LogP contribution in [0.4, 0.5) is 0 Å². The first-order valence-corrected chi connectivity index (χ1v) is 10.5. The number of hydrogen-bond donors (Lipinski definition) is 2. The molecule has 0 aliphatic rings. The Labute approximate surface area is 168 Å². The van der Waals surface area contributed by atoms with Crippen molar-refractivity contribution in [2.24, 2.45) is 0 Å². The number of carbonyl (C=O) groups excluding carboxylic acids is 2. The van der Waals surface area contributed by atoms with Crippen molar-refractivity contribution in [3.05, 3.63) is 70.7 Å². The van der Waals surface area contributed by atoms with E-state index in [4.69, 9.17) is 16.9 Å². The van der Waals surface area contributed by atoms with Crippen molar-refractivity contribution >= 4 is 33.3 Å².